The predicted molar refractivity (Wildman–Crippen MR) is 122 cm³/mol. The maximum absolute atomic E-state index is 13.3. The highest BCUT2D eigenvalue weighted by Gasteiger charge is 2.23. The van der Waals surface area contributed by atoms with E-state index in [2.05, 4.69) is 25.4 Å². The van der Waals surface area contributed by atoms with E-state index in [4.69, 9.17) is 4.52 Å². The molecule has 1 amide bonds. The fraction of sp³-hybridized carbons (Fsp3) is 0.190. The number of hydrogen-bond donors (Lipinski definition) is 1. The first-order valence-corrected chi connectivity index (χ1v) is 11.4. The van der Waals surface area contributed by atoms with Gasteiger partial charge in [0, 0.05) is 17.3 Å². The first-order chi connectivity index (χ1) is 15.8. The summed E-state index contributed by atoms with van der Waals surface area (Å²) in [6.07, 6.45) is 2.50. The summed E-state index contributed by atoms with van der Waals surface area (Å²) >= 11 is 2.63. The van der Waals surface area contributed by atoms with Gasteiger partial charge in [0.05, 0.1) is 37.8 Å². The third kappa shape index (κ3) is 3.80. The summed E-state index contributed by atoms with van der Waals surface area (Å²) < 4.78 is 32.6. The van der Waals surface area contributed by atoms with Crippen LogP contribution in [0.25, 0.3) is 32.4 Å². The Bertz CT molecular complexity index is 1500. The van der Waals surface area contributed by atoms with Crippen LogP contribution in [0.3, 0.4) is 0 Å². The summed E-state index contributed by atoms with van der Waals surface area (Å²) in [5.74, 6) is -0.335. The number of imidazole rings is 1. The number of carbonyl (C=O) groups is 1. The zero-order valence-corrected chi connectivity index (χ0v) is 19.2. The number of aromatic nitrogens is 5. The molecule has 0 atom stereocenters. The number of hydrogen-bond acceptors (Lipinski definition) is 8. The van der Waals surface area contributed by atoms with Crippen LogP contribution in [0.4, 0.5) is 13.9 Å². The summed E-state index contributed by atoms with van der Waals surface area (Å²) in [5.41, 5.74) is 2.21. The lowest BCUT2D eigenvalue weighted by atomic mass is 10.1. The van der Waals surface area contributed by atoms with Gasteiger partial charge >= 0.3 is 6.55 Å². The van der Waals surface area contributed by atoms with E-state index in [1.807, 2.05) is 19.1 Å². The molecule has 5 rings (SSSR count). The Hall–Kier alpha value is -3.51. The van der Waals surface area contributed by atoms with Crippen molar-refractivity contribution in [2.75, 3.05) is 5.32 Å². The first-order valence-electron chi connectivity index (χ1n) is 9.75. The SMILES string of the molecule is Cc1ccc(-c2cc(C(=O)Nc3nc(C)c(-c4nccn4C(F)F)s3)c3c(C)noc3n2)s1. The maximum Gasteiger partial charge on any atom is 0.320 e. The maximum atomic E-state index is 13.3. The number of nitrogens with zero attached hydrogens (tertiary/aromatic N) is 5. The van der Waals surface area contributed by atoms with E-state index < -0.39 is 12.5 Å². The monoisotopic (exact) mass is 486 g/mol. The number of alkyl halides is 2. The Balaban J connectivity index is 1.52. The number of halogens is 2. The highest BCUT2D eigenvalue weighted by molar-refractivity contribution is 7.19. The van der Waals surface area contributed by atoms with Crippen LogP contribution in [-0.2, 0) is 0 Å². The van der Waals surface area contributed by atoms with E-state index in [0.717, 1.165) is 25.7 Å². The van der Waals surface area contributed by atoms with Gasteiger partial charge < -0.3 is 4.52 Å². The summed E-state index contributed by atoms with van der Waals surface area (Å²) in [7, 11) is 0. The van der Waals surface area contributed by atoms with Crippen LogP contribution in [0.1, 0.15) is 33.2 Å². The summed E-state index contributed by atoms with van der Waals surface area (Å²) in [5, 5.41) is 7.50. The molecule has 5 aromatic rings. The number of fused-ring (bicyclic) bond motifs is 1. The highest BCUT2D eigenvalue weighted by atomic mass is 32.1. The third-order valence-corrected chi connectivity index (χ3v) is 7.05. The van der Waals surface area contributed by atoms with E-state index in [9.17, 15) is 13.6 Å². The summed E-state index contributed by atoms with van der Waals surface area (Å²) in [6.45, 7) is 2.66. The Morgan fingerprint density at radius 3 is 2.70 bits per heavy atom. The molecule has 0 aromatic carbocycles. The van der Waals surface area contributed by atoms with Gasteiger partial charge in [-0.1, -0.05) is 16.5 Å². The molecule has 33 heavy (non-hydrogen) atoms. The molecule has 0 bridgehead atoms. The van der Waals surface area contributed by atoms with E-state index in [-0.39, 0.29) is 16.7 Å². The van der Waals surface area contributed by atoms with E-state index in [1.165, 1.54) is 12.4 Å². The number of nitrogens with one attached hydrogen (secondary N) is 1. The van der Waals surface area contributed by atoms with Gasteiger partial charge in [-0.25, -0.2) is 15.0 Å². The number of carbonyl (C=O) groups excluding carboxylic acids is 1. The van der Waals surface area contributed by atoms with Gasteiger partial charge in [0.25, 0.3) is 11.6 Å². The summed E-state index contributed by atoms with van der Waals surface area (Å²) in [6, 6.07) is 5.60. The van der Waals surface area contributed by atoms with Crippen molar-refractivity contribution in [1.82, 2.24) is 24.7 Å². The first kappa shape index (κ1) is 21.3. The number of thiophene rings is 1. The van der Waals surface area contributed by atoms with E-state index >= 15 is 0 Å². The number of thiazole rings is 1. The van der Waals surface area contributed by atoms with Crippen molar-refractivity contribution in [2.45, 2.75) is 27.3 Å². The molecule has 0 saturated carbocycles. The Morgan fingerprint density at radius 2 is 1.97 bits per heavy atom. The zero-order chi connectivity index (χ0) is 23.3. The Morgan fingerprint density at radius 1 is 1.15 bits per heavy atom. The minimum Gasteiger partial charge on any atom is -0.335 e. The van der Waals surface area contributed by atoms with Gasteiger partial charge in [-0.3, -0.25) is 14.7 Å². The molecule has 168 valence electrons. The molecular weight excluding hydrogens is 470 g/mol. The van der Waals surface area contributed by atoms with Crippen molar-refractivity contribution in [1.29, 1.82) is 0 Å². The number of aryl methyl sites for hydroxylation is 3. The average Bonchev–Trinajstić information content (AvgIpc) is 3.55. The molecule has 0 spiro atoms. The average molecular weight is 487 g/mol. The quantitative estimate of drug-likeness (QED) is 0.335. The Labute approximate surface area is 193 Å². The molecule has 0 radical (unpaired) electrons. The van der Waals surface area contributed by atoms with Crippen LogP contribution in [0, 0.1) is 20.8 Å². The number of amides is 1. The largest absolute Gasteiger partial charge is 0.335 e. The lowest BCUT2D eigenvalue weighted by Crippen LogP contribution is -2.13. The molecule has 5 heterocycles. The lowest BCUT2D eigenvalue weighted by molar-refractivity contribution is 0.0720. The molecule has 0 aliphatic rings. The van der Waals surface area contributed by atoms with Gasteiger partial charge in [-0.05, 0) is 39.0 Å². The van der Waals surface area contributed by atoms with Crippen LogP contribution in [0.15, 0.2) is 35.1 Å². The van der Waals surface area contributed by atoms with Crippen molar-refractivity contribution in [3.05, 3.63) is 52.4 Å². The van der Waals surface area contributed by atoms with Crippen LogP contribution >= 0.6 is 22.7 Å². The molecule has 12 heteroatoms. The normalized spacial score (nSPS) is 11.6. The standard InChI is InChI=1S/C21H16F2N6O2S2/c1-9-4-5-14(32-9)13-8-12(15-10(2)28-31-19(15)26-13)18(30)27-21-25-11(3)16(33-21)17-24-6-7-29(17)20(22)23/h4-8,20H,1-3H3,(H,25,27,30). The molecule has 0 fully saturated rings. The molecule has 1 N–H and O–H groups in total. The van der Waals surface area contributed by atoms with Gasteiger partial charge in [-0.15, -0.1) is 11.3 Å². The predicted octanol–water partition coefficient (Wildman–Crippen LogP) is 5.84. The van der Waals surface area contributed by atoms with E-state index in [1.54, 1.807) is 31.3 Å². The van der Waals surface area contributed by atoms with E-state index in [0.29, 0.717) is 32.9 Å². The molecule has 5 aromatic heterocycles. The zero-order valence-electron chi connectivity index (χ0n) is 17.6. The van der Waals surface area contributed by atoms with Gasteiger partial charge in [0.15, 0.2) is 11.0 Å². The fourth-order valence-electron chi connectivity index (χ4n) is 3.44. The van der Waals surface area contributed by atoms with Crippen LogP contribution in [0.2, 0.25) is 0 Å². The molecule has 0 saturated heterocycles. The van der Waals surface area contributed by atoms with Gasteiger partial charge in [0.1, 0.15) is 0 Å². The summed E-state index contributed by atoms with van der Waals surface area (Å²) in [4.78, 5) is 28.6. The third-order valence-electron chi connectivity index (χ3n) is 4.95. The van der Waals surface area contributed by atoms with Crippen LogP contribution < -0.4 is 5.32 Å². The smallest absolute Gasteiger partial charge is 0.320 e. The fourth-order valence-corrected chi connectivity index (χ4v) is 5.23. The molecule has 8 nitrogen and oxygen atoms in total. The number of pyridine rings is 1. The number of rotatable bonds is 5. The van der Waals surface area contributed by atoms with Crippen molar-refractivity contribution in [3.8, 4) is 21.3 Å². The van der Waals surface area contributed by atoms with Crippen LogP contribution in [0.5, 0.6) is 0 Å². The second-order valence-corrected chi connectivity index (χ2v) is 9.52. The van der Waals surface area contributed by atoms with Gasteiger partial charge in [0.2, 0.25) is 0 Å². The Kier molecular flexibility index (Phi) is 5.25. The molecular formula is C21H16F2N6O2S2. The number of anilines is 1. The molecule has 0 aliphatic carbocycles. The highest BCUT2D eigenvalue weighted by Crippen LogP contribution is 2.35. The van der Waals surface area contributed by atoms with Crippen molar-refractivity contribution >= 4 is 44.8 Å². The molecule has 0 aliphatic heterocycles. The molecule has 0 unspecified atom stereocenters. The van der Waals surface area contributed by atoms with Crippen molar-refractivity contribution in [3.63, 3.8) is 0 Å². The topological polar surface area (TPSA) is 98.7 Å². The minimum absolute atomic E-state index is 0.0945. The lowest BCUT2D eigenvalue weighted by Gasteiger charge is -2.06. The second kappa shape index (κ2) is 8.12. The second-order valence-electron chi connectivity index (χ2n) is 7.24. The minimum atomic E-state index is -2.73. The van der Waals surface area contributed by atoms with Gasteiger partial charge in [-0.2, -0.15) is 8.78 Å². The van der Waals surface area contributed by atoms with Crippen LogP contribution in [-0.4, -0.2) is 30.6 Å². The van der Waals surface area contributed by atoms with Crippen molar-refractivity contribution in [2.24, 2.45) is 0 Å². The van der Waals surface area contributed by atoms with Crippen molar-refractivity contribution < 1.29 is 18.1 Å².